The van der Waals surface area contributed by atoms with Gasteiger partial charge >= 0.3 is 0 Å². The molecule has 1 aliphatic carbocycles. The number of hydrogen-bond donors (Lipinski definition) is 0. The van der Waals surface area contributed by atoms with Crippen molar-refractivity contribution in [3.8, 4) is 12.3 Å². The van der Waals surface area contributed by atoms with Crippen LogP contribution in [0.3, 0.4) is 0 Å². The fourth-order valence-corrected chi connectivity index (χ4v) is 2.48. The highest BCUT2D eigenvalue weighted by molar-refractivity contribution is 5.82. The monoisotopic (exact) mass is 212 g/mol. The highest BCUT2D eigenvalue weighted by Gasteiger charge is 2.28. The van der Waals surface area contributed by atoms with Crippen molar-refractivity contribution in [1.82, 2.24) is 0 Å². The molecule has 1 aliphatic rings. The Morgan fingerprint density at radius 3 is 2.75 bits per heavy atom. The molecule has 16 heavy (non-hydrogen) atoms. The van der Waals surface area contributed by atoms with Crippen LogP contribution in [0.4, 0.5) is 0 Å². The molecular weight excluding hydrogens is 196 g/mol. The predicted octanol–water partition coefficient (Wildman–Crippen LogP) is 3.16. The second-order valence-electron chi connectivity index (χ2n) is 4.45. The maximum absolute atomic E-state index is 11.7. The van der Waals surface area contributed by atoms with E-state index in [1.807, 2.05) is 6.07 Å². The van der Waals surface area contributed by atoms with E-state index in [0.717, 1.165) is 12.8 Å². The number of carbonyl (C=O) groups is 1. The van der Waals surface area contributed by atoms with E-state index in [2.05, 4.69) is 30.2 Å². The molecule has 0 heterocycles. The minimum Gasteiger partial charge on any atom is -0.299 e. The summed E-state index contributed by atoms with van der Waals surface area (Å²) in [5, 5.41) is 0. The SMILES string of the molecule is C#CCC1CC(c2ccccc2)CCC1=O. The topological polar surface area (TPSA) is 17.1 Å². The molecule has 1 aromatic carbocycles. The lowest BCUT2D eigenvalue weighted by Gasteiger charge is -2.27. The molecule has 2 atom stereocenters. The number of terminal acetylenes is 1. The summed E-state index contributed by atoms with van der Waals surface area (Å²) in [6, 6.07) is 10.4. The first-order valence-corrected chi connectivity index (χ1v) is 5.82. The van der Waals surface area contributed by atoms with Crippen LogP contribution in [-0.2, 0) is 4.79 Å². The quantitative estimate of drug-likeness (QED) is 0.688. The van der Waals surface area contributed by atoms with Crippen molar-refractivity contribution in [3.63, 3.8) is 0 Å². The van der Waals surface area contributed by atoms with Gasteiger partial charge in [-0.1, -0.05) is 30.3 Å². The summed E-state index contributed by atoms with van der Waals surface area (Å²) in [6.07, 6.45) is 8.49. The van der Waals surface area contributed by atoms with E-state index in [9.17, 15) is 4.79 Å². The zero-order valence-electron chi connectivity index (χ0n) is 9.36. The van der Waals surface area contributed by atoms with Crippen molar-refractivity contribution in [3.05, 3.63) is 35.9 Å². The molecule has 0 aromatic heterocycles. The first-order valence-electron chi connectivity index (χ1n) is 5.82. The molecule has 0 spiro atoms. The molecule has 2 rings (SSSR count). The Kier molecular flexibility index (Phi) is 3.41. The summed E-state index contributed by atoms with van der Waals surface area (Å²) < 4.78 is 0. The molecule has 0 bridgehead atoms. The van der Waals surface area contributed by atoms with E-state index in [-0.39, 0.29) is 5.92 Å². The molecule has 1 aromatic rings. The van der Waals surface area contributed by atoms with Crippen molar-refractivity contribution < 1.29 is 4.79 Å². The van der Waals surface area contributed by atoms with Crippen LogP contribution < -0.4 is 0 Å². The van der Waals surface area contributed by atoms with Gasteiger partial charge in [-0.15, -0.1) is 12.3 Å². The van der Waals surface area contributed by atoms with Crippen molar-refractivity contribution in [2.24, 2.45) is 5.92 Å². The van der Waals surface area contributed by atoms with Gasteiger partial charge in [0.05, 0.1) is 0 Å². The van der Waals surface area contributed by atoms with Crippen LogP contribution in [-0.4, -0.2) is 5.78 Å². The molecule has 0 saturated heterocycles. The standard InChI is InChI=1S/C15H16O/c1-2-6-14-11-13(9-10-15(14)16)12-7-4-3-5-8-12/h1,3-5,7-8,13-14H,6,9-11H2. The van der Waals surface area contributed by atoms with Gasteiger partial charge in [-0.25, -0.2) is 0 Å². The Morgan fingerprint density at radius 2 is 2.06 bits per heavy atom. The lowest BCUT2D eigenvalue weighted by atomic mass is 9.76. The Morgan fingerprint density at radius 1 is 1.31 bits per heavy atom. The number of rotatable bonds is 2. The smallest absolute Gasteiger partial charge is 0.136 e. The normalized spacial score (nSPS) is 25.1. The van der Waals surface area contributed by atoms with E-state index in [4.69, 9.17) is 6.42 Å². The summed E-state index contributed by atoms with van der Waals surface area (Å²) in [5.41, 5.74) is 1.34. The largest absolute Gasteiger partial charge is 0.299 e. The summed E-state index contributed by atoms with van der Waals surface area (Å²) >= 11 is 0. The van der Waals surface area contributed by atoms with Crippen molar-refractivity contribution in [2.75, 3.05) is 0 Å². The van der Waals surface area contributed by atoms with Gasteiger partial charge in [0.2, 0.25) is 0 Å². The van der Waals surface area contributed by atoms with Gasteiger partial charge in [0.15, 0.2) is 0 Å². The first kappa shape index (κ1) is 11.0. The number of carbonyl (C=O) groups excluding carboxylic acids is 1. The van der Waals surface area contributed by atoms with Crippen molar-refractivity contribution in [2.45, 2.75) is 31.6 Å². The van der Waals surface area contributed by atoms with Crippen molar-refractivity contribution in [1.29, 1.82) is 0 Å². The molecule has 0 amide bonds. The summed E-state index contributed by atoms with van der Waals surface area (Å²) in [4.78, 5) is 11.7. The van der Waals surface area contributed by atoms with Crippen molar-refractivity contribution >= 4 is 5.78 Å². The zero-order valence-corrected chi connectivity index (χ0v) is 9.36. The van der Waals surface area contributed by atoms with Gasteiger partial charge in [-0.05, 0) is 24.3 Å². The lowest BCUT2D eigenvalue weighted by molar-refractivity contribution is -0.124. The molecule has 0 radical (unpaired) electrons. The van der Waals surface area contributed by atoms with Crippen LogP contribution in [0, 0.1) is 18.3 Å². The second-order valence-corrected chi connectivity index (χ2v) is 4.45. The maximum Gasteiger partial charge on any atom is 0.136 e. The minimum atomic E-state index is 0.0870. The third-order valence-corrected chi connectivity index (χ3v) is 3.40. The van der Waals surface area contributed by atoms with E-state index >= 15 is 0 Å². The first-order chi connectivity index (χ1) is 7.81. The highest BCUT2D eigenvalue weighted by Crippen LogP contribution is 2.35. The molecule has 1 fully saturated rings. The molecule has 1 nitrogen and oxygen atoms in total. The predicted molar refractivity (Wildman–Crippen MR) is 65.0 cm³/mol. The third-order valence-electron chi connectivity index (χ3n) is 3.40. The van der Waals surface area contributed by atoms with Crippen LogP contribution in [0.15, 0.2) is 30.3 Å². The number of ketones is 1. The Balaban J connectivity index is 2.09. The zero-order chi connectivity index (χ0) is 11.4. The van der Waals surface area contributed by atoms with Gasteiger partial charge in [0.1, 0.15) is 5.78 Å². The number of hydrogen-bond acceptors (Lipinski definition) is 1. The Labute approximate surface area is 96.9 Å². The van der Waals surface area contributed by atoms with E-state index in [1.165, 1.54) is 5.56 Å². The van der Waals surface area contributed by atoms with Gasteiger partial charge in [-0.2, -0.15) is 0 Å². The van der Waals surface area contributed by atoms with Crippen LogP contribution in [0.25, 0.3) is 0 Å². The van der Waals surface area contributed by atoms with E-state index in [1.54, 1.807) is 0 Å². The van der Waals surface area contributed by atoms with Crippen LogP contribution >= 0.6 is 0 Å². The molecule has 0 aliphatic heterocycles. The molecule has 1 saturated carbocycles. The van der Waals surface area contributed by atoms with Gasteiger partial charge in [0.25, 0.3) is 0 Å². The van der Waals surface area contributed by atoms with Crippen LogP contribution in [0.5, 0.6) is 0 Å². The molecular formula is C15H16O. The minimum absolute atomic E-state index is 0.0870. The summed E-state index contributed by atoms with van der Waals surface area (Å²) in [7, 11) is 0. The number of benzene rings is 1. The Hall–Kier alpha value is -1.55. The molecule has 0 N–H and O–H groups in total. The Bertz CT molecular complexity index is 399. The highest BCUT2D eigenvalue weighted by atomic mass is 16.1. The lowest BCUT2D eigenvalue weighted by Crippen LogP contribution is -2.23. The average molecular weight is 212 g/mol. The molecule has 82 valence electrons. The van der Waals surface area contributed by atoms with Gasteiger partial charge in [0, 0.05) is 18.8 Å². The average Bonchev–Trinajstić information content (AvgIpc) is 2.33. The fourth-order valence-electron chi connectivity index (χ4n) is 2.48. The van der Waals surface area contributed by atoms with E-state index < -0.39 is 0 Å². The van der Waals surface area contributed by atoms with Gasteiger partial charge in [-0.3, -0.25) is 4.79 Å². The summed E-state index contributed by atoms with van der Waals surface area (Å²) in [5.74, 6) is 3.57. The second kappa shape index (κ2) is 4.99. The summed E-state index contributed by atoms with van der Waals surface area (Å²) in [6.45, 7) is 0. The van der Waals surface area contributed by atoms with Gasteiger partial charge < -0.3 is 0 Å². The third kappa shape index (κ3) is 2.33. The fraction of sp³-hybridized carbons (Fsp3) is 0.400. The van der Waals surface area contributed by atoms with E-state index in [0.29, 0.717) is 24.5 Å². The molecule has 2 unspecified atom stereocenters. The molecule has 1 heteroatoms. The van der Waals surface area contributed by atoms with Crippen LogP contribution in [0.1, 0.15) is 37.2 Å². The van der Waals surface area contributed by atoms with Crippen LogP contribution in [0.2, 0.25) is 0 Å². The maximum atomic E-state index is 11.7. The number of Topliss-reactive ketones (excluding diaryl/α,β-unsaturated/α-hetero) is 1.